The molecule has 0 aromatic carbocycles. The fraction of sp³-hybridized carbons (Fsp3) is 0.727. The molecule has 2 aromatic rings. The average molecular weight is 415 g/mol. The van der Waals surface area contributed by atoms with Gasteiger partial charge in [-0.05, 0) is 71.0 Å². The minimum Gasteiger partial charge on any atom is -0.474 e. The number of carbonyl (C=O) groups is 1. The topological polar surface area (TPSA) is 84.6 Å². The van der Waals surface area contributed by atoms with Crippen LogP contribution in [0, 0.1) is 5.92 Å². The van der Waals surface area contributed by atoms with E-state index in [-0.39, 0.29) is 12.0 Å². The Labute approximate surface area is 178 Å². The number of nitrogens with zero attached hydrogens (tertiary/aromatic N) is 5. The number of amides is 1. The molecule has 0 bridgehead atoms. The molecule has 0 spiro atoms. The zero-order chi connectivity index (χ0) is 20.9. The molecular weight excluding hydrogens is 380 g/mol. The highest BCUT2D eigenvalue weighted by molar-refractivity contribution is 5.75. The first-order valence-electron chi connectivity index (χ1n) is 11.5. The summed E-state index contributed by atoms with van der Waals surface area (Å²) in [6.45, 7) is 7.22. The number of nitrogens with one attached hydrogen (secondary N) is 1. The molecule has 1 amide bonds. The van der Waals surface area contributed by atoms with Gasteiger partial charge in [-0.15, -0.1) is 15.3 Å². The molecule has 2 aliphatic heterocycles. The van der Waals surface area contributed by atoms with Crippen LogP contribution in [0.2, 0.25) is 0 Å². The maximum absolute atomic E-state index is 12.4. The average Bonchev–Trinajstić information content (AvgIpc) is 3.14. The van der Waals surface area contributed by atoms with E-state index in [1.807, 2.05) is 19.9 Å². The van der Waals surface area contributed by atoms with E-state index in [9.17, 15) is 4.79 Å². The summed E-state index contributed by atoms with van der Waals surface area (Å²) in [5, 5.41) is 16.1. The molecule has 0 saturated carbocycles. The Hall–Kier alpha value is -2.22. The number of fused-ring (bicyclic) bond motifs is 2. The first-order chi connectivity index (χ1) is 14.6. The second-order valence-corrected chi connectivity index (χ2v) is 8.88. The standard InChI is InChI=1S/C22H34N6O2/c1-16(2)30-22-12-11-20-25-24-19(28(20)26-22)9-5-10-21(29)23-15-17-7-6-14-27-13-4-3-8-18(17)27/h11-12,16-18H,3-10,13-15H2,1-2H3,(H,23,29)/t17-,18+/m1/s1. The van der Waals surface area contributed by atoms with E-state index in [4.69, 9.17) is 4.74 Å². The summed E-state index contributed by atoms with van der Waals surface area (Å²) in [6, 6.07) is 4.33. The molecule has 2 fully saturated rings. The van der Waals surface area contributed by atoms with Crippen LogP contribution >= 0.6 is 0 Å². The first kappa shape index (κ1) is 21.0. The highest BCUT2D eigenvalue weighted by atomic mass is 16.5. The Morgan fingerprint density at radius 3 is 2.93 bits per heavy atom. The number of hydrogen-bond acceptors (Lipinski definition) is 6. The summed E-state index contributed by atoms with van der Waals surface area (Å²) in [4.78, 5) is 15.1. The minimum absolute atomic E-state index is 0.0587. The van der Waals surface area contributed by atoms with Gasteiger partial charge in [0, 0.05) is 31.5 Å². The first-order valence-corrected chi connectivity index (χ1v) is 11.5. The Bertz CT molecular complexity index is 849. The van der Waals surface area contributed by atoms with E-state index < -0.39 is 0 Å². The SMILES string of the molecule is CC(C)Oc1ccc2nnc(CCCC(=O)NC[C@H]3CCCN4CCCC[C@@H]34)n2n1. The van der Waals surface area contributed by atoms with Crippen LogP contribution in [0.15, 0.2) is 12.1 Å². The molecule has 4 heterocycles. The van der Waals surface area contributed by atoms with Crippen LogP contribution in [-0.4, -0.2) is 62.4 Å². The van der Waals surface area contributed by atoms with Crippen LogP contribution in [0.5, 0.6) is 5.88 Å². The summed E-state index contributed by atoms with van der Waals surface area (Å²) in [6.07, 6.45) is 8.38. The summed E-state index contributed by atoms with van der Waals surface area (Å²) in [5.74, 6) is 2.05. The Balaban J connectivity index is 1.24. The number of piperidine rings is 2. The van der Waals surface area contributed by atoms with Crippen molar-refractivity contribution < 1.29 is 9.53 Å². The Morgan fingerprint density at radius 2 is 2.07 bits per heavy atom. The minimum atomic E-state index is 0.0587. The summed E-state index contributed by atoms with van der Waals surface area (Å²) in [5.41, 5.74) is 0.694. The van der Waals surface area contributed by atoms with Crippen LogP contribution in [0.1, 0.15) is 64.6 Å². The van der Waals surface area contributed by atoms with Gasteiger partial charge < -0.3 is 15.0 Å². The van der Waals surface area contributed by atoms with Crippen molar-refractivity contribution in [3.8, 4) is 5.88 Å². The van der Waals surface area contributed by atoms with Gasteiger partial charge in [0.1, 0.15) is 0 Å². The van der Waals surface area contributed by atoms with Crippen molar-refractivity contribution in [2.75, 3.05) is 19.6 Å². The van der Waals surface area contributed by atoms with E-state index in [1.165, 1.54) is 45.2 Å². The van der Waals surface area contributed by atoms with Gasteiger partial charge in [0.25, 0.3) is 0 Å². The fourth-order valence-electron chi connectivity index (χ4n) is 4.83. The van der Waals surface area contributed by atoms with Gasteiger partial charge in [0.2, 0.25) is 11.8 Å². The molecule has 2 atom stereocenters. The zero-order valence-electron chi connectivity index (χ0n) is 18.2. The lowest BCUT2D eigenvalue weighted by atomic mass is 9.83. The number of aryl methyl sites for hydroxylation is 1. The quantitative estimate of drug-likeness (QED) is 0.715. The second kappa shape index (κ2) is 9.73. The van der Waals surface area contributed by atoms with Gasteiger partial charge in [0.05, 0.1) is 6.10 Å². The monoisotopic (exact) mass is 414 g/mol. The number of ether oxygens (including phenoxy) is 1. The van der Waals surface area contributed by atoms with Gasteiger partial charge in [-0.25, -0.2) is 0 Å². The molecule has 2 saturated heterocycles. The molecule has 0 aliphatic carbocycles. The van der Waals surface area contributed by atoms with Gasteiger partial charge >= 0.3 is 0 Å². The van der Waals surface area contributed by atoms with Gasteiger partial charge in [-0.3, -0.25) is 4.79 Å². The van der Waals surface area contributed by atoms with E-state index >= 15 is 0 Å². The van der Waals surface area contributed by atoms with Crippen molar-refractivity contribution in [2.45, 2.75) is 77.4 Å². The lowest BCUT2D eigenvalue weighted by molar-refractivity contribution is -0.121. The van der Waals surface area contributed by atoms with Gasteiger partial charge in [0.15, 0.2) is 11.5 Å². The van der Waals surface area contributed by atoms with Crippen LogP contribution in [0.4, 0.5) is 0 Å². The normalized spacial score (nSPS) is 22.2. The van der Waals surface area contributed by atoms with Crippen molar-refractivity contribution in [1.82, 2.24) is 30.0 Å². The van der Waals surface area contributed by atoms with Crippen LogP contribution in [0.3, 0.4) is 0 Å². The zero-order valence-corrected chi connectivity index (χ0v) is 18.2. The lowest BCUT2D eigenvalue weighted by Crippen LogP contribution is -2.50. The molecule has 2 aromatic heterocycles. The smallest absolute Gasteiger partial charge is 0.232 e. The summed E-state index contributed by atoms with van der Waals surface area (Å²) < 4.78 is 7.38. The largest absolute Gasteiger partial charge is 0.474 e. The predicted octanol–water partition coefficient (Wildman–Crippen LogP) is 2.61. The molecule has 8 nitrogen and oxygen atoms in total. The van der Waals surface area contributed by atoms with E-state index in [1.54, 1.807) is 10.6 Å². The van der Waals surface area contributed by atoms with Crippen LogP contribution in [-0.2, 0) is 11.2 Å². The fourth-order valence-corrected chi connectivity index (χ4v) is 4.83. The molecular formula is C22H34N6O2. The number of carbonyl (C=O) groups excluding carboxylic acids is 1. The molecule has 4 rings (SSSR count). The van der Waals surface area contributed by atoms with Crippen molar-refractivity contribution in [3.05, 3.63) is 18.0 Å². The third-order valence-corrected chi connectivity index (χ3v) is 6.25. The van der Waals surface area contributed by atoms with E-state index in [0.717, 1.165) is 18.8 Å². The van der Waals surface area contributed by atoms with Gasteiger partial charge in [-0.2, -0.15) is 4.52 Å². The molecule has 30 heavy (non-hydrogen) atoms. The molecule has 0 radical (unpaired) electrons. The van der Waals surface area contributed by atoms with Crippen molar-refractivity contribution in [3.63, 3.8) is 0 Å². The Morgan fingerprint density at radius 1 is 1.20 bits per heavy atom. The highest BCUT2D eigenvalue weighted by Gasteiger charge is 2.32. The molecule has 1 N–H and O–H groups in total. The molecule has 8 heteroatoms. The van der Waals surface area contributed by atoms with Gasteiger partial charge in [-0.1, -0.05) is 6.42 Å². The van der Waals surface area contributed by atoms with Crippen molar-refractivity contribution in [2.24, 2.45) is 5.92 Å². The Kier molecular flexibility index (Phi) is 6.82. The van der Waals surface area contributed by atoms with Crippen molar-refractivity contribution >= 4 is 11.6 Å². The van der Waals surface area contributed by atoms with Crippen LogP contribution in [0.25, 0.3) is 5.65 Å². The van der Waals surface area contributed by atoms with E-state index in [0.29, 0.717) is 36.3 Å². The number of rotatable bonds is 8. The van der Waals surface area contributed by atoms with Crippen molar-refractivity contribution in [1.29, 1.82) is 0 Å². The number of hydrogen-bond donors (Lipinski definition) is 1. The van der Waals surface area contributed by atoms with Crippen LogP contribution < -0.4 is 10.1 Å². The summed E-state index contributed by atoms with van der Waals surface area (Å²) >= 11 is 0. The molecule has 2 aliphatic rings. The third kappa shape index (κ3) is 5.09. The van der Waals surface area contributed by atoms with E-state index in [2.05, 4.69) is 25.5 Å². The maximum Gasteiger partial charge on any atom is 0.232 e. The highest BCUT2D eigenvalue weighted by Crippen LogP contribution is 2.30. The number of aromatic nitrogens is 4. The second-order valence-electron chi connectivity index (χ2n) is 8.88. The lowest BCUT2D eigenvalue weighted by Gasteiger charge is -2.44. The predicted molar refractivity (Wildman–Crippen MR) is 114 cm³/mol. The third-order valence-electron chi connectivity index (χ3n) is 6.25. The molecule has 0 unspecified atom stereocenters. The maximum atomic E-state index is 12.4. The summed E-state index contributed by atoms with van der Waals surface area (Å²) in [7, 11) is 0. The molecule has 164 valence electrons.